The Balaban J connectivity index is 1.29. The molecule has 1 spiro atoms. The third-order valence-corrected chi connectivity index (χ3v) is 7.05. The van der Waals surface area contributed by atoms with Gasteiger partial charge < -0.3 is 15.0 Å². The molecule has 1 saturated carbocycles. The van der Waals surface area contributed by atoms with Crippen molar-refractivity contribution < 1.29 is 9.53 Å². The minimum absolute atomic E-state index is 0.0111. The number of aromatic nitrogens is 4. The average molecular weight is 467 g/mol. The van der Waals surface area contributed by atoms with E-state index in [1.807, 2.05) is 71.2 Å². The third-order valence-electron chi connectivity index (χ3n) is 7.05. The Morgan fingerprint density at radius 3 is 2.49 bits per heavy atom. The smallest absolute Gasteiger partial charge is 0.245 e. The number of benzene rings is 2. The quantitative estimate of drug-likeness (QED) is 0.416. The normalized spacial score (nSPS) is 16.5. The van der Waals surface area contributed by atoms with E-state index in [-0.39, 0.29) is 17.4 Å². The number of rotatable bonds is 6. The summed E-state index contributed by atoms with van der Waals surface area (Å²) in [4.78, 5) is 22.8. The second-order valence-corrected chi connectivity index (χ2v) is 9.36. The first-order valence-corrected chi connectivity index (χ1v) is 11.7. The summed E-state index contributed by atoms with van der Waals surface area (Å²) in [7, 11) is 1.86. The van der Waals surface area contributed by atoms with Crippen molar-refractivity contribution in [2.45, 2.75) is 18.9 Å². The van der Waals surface area contributed by atoms with Gasteiger partial charge in [0.15, 0.2) is 5.65 Å². The van der Waals surface area contributed by atoms with Gasteiger partial charge in [-0.15, -0.1) is 0 Å². The molecule has 6 rings (SSSR count). The maximum atomic E-state index is 11.9. The third kappa shape index (κ3) is 3.62. The Morgan fingerprint density at radius 1 is 1.09 bits per heavy atom. The molecule has 8 nitrogen and oxygen atoms in total. The molecule has 0 unspecified atom stereocenters. The molecular formula is C27H26N6O2. The number of ether oxygens (including phenoxy) is 1. The highest BCUT2D eigenvalue weighted by molar-refractivity contribution is 5.99. The number of amides is 1. The van der Waals surface area contributed by atoms with Crippen LogP contribution in [0.3, 0.4) is 0 Å². The van der Waals surface area contributed by atoms with Crippen molar-refractivity contribution in [1.29, 1.82) is 0 Å². The lowest BCUT2D eigenvalue weighted by Gasteiger charge is -2.58. The predicted molar refractivity (Wildman–Crippen MR) is 134 cm³/mol. The fourth-order valence-electron chi connectivity index (χ4n) is 5.34. The Bertz CT molecular complexity index is 1400. The zero-order valence-corrected chi connectivity index (χ0v) is 19.5. The molecule has 2 aromatic heterocycles. The van der Waals surface area contributed by atoms with Crippen LogP contribution in [0.15, 0.2) is 73.6 Å². The van der Waals surface area contributed by atoms with E-state index < -0.39 is 0 Å². The number of carbonyl (C=O) groups excluding carboxylic acids is 1. The molecule has 2 aromatic carbocycles. The van der Waals surface area contributed by atoms with Crippen LogP contribution in [0.4, 0.5) is 5.82 Å². The molecule has 4 aromatic rings. The second-order valence-electron chi connectivity index (χ2n) is 9.36. The number of para-hydroxylation sites is 1. The highest BCUT2D eigenvalue weighted by Gasteiger charge is 2.54. The van der Waals surface area contributed by atoms with E-state index in [9.17, 15) is 4.79 Å². The Morgan fingerprint density at radius 2 is 1.80 bits per heavy atom. The molecule has 1 aliphatic heterocycles. The van der Waals surface area contributed by atoms with Crippen LogP contribution in [-0.2, 0) is 4.79 Å². The number of hydrogen-bond donors (Lipinski definition) is 1. The lowest BCUT2D eigenvalue weighted by molar-refractivity contribution is -0.148. The van der Waals surface area contributed by atoms with Crippen molar-refractivity contribution in [3.05, 3.63) is 73.6 Å². The maximum absolute atomic E-state index is 11.9. The van der Waals surface area contributed by atoms with Crippen molar-refractivity contribution >= 4 is 22.8 Å². The average Bonchev–Trinajstić information content (AvgIpc) is 3.23. The van der Waals surface area contributed by atoms with Crippen LogP contribution in [0.1, 0.15) is 18.9 Å². The lowest BCUT2D eigenvalue weighted by atomic mass is 9.60. The van der Waals surface area contributed by atoms with Gasteiger partial charge in [-0.05, 0) is 55.3 Å². The first-order chi connectivity index (χ1) is 17.1. The van der Waals surface area contributed by atoms with Gasteiger partial charge in [-0.1, -0.05) is 24.8 Å². The Kier molecular flexibility index (Phi) is 5.02. The fourth-order valence-corrected chi connectivity index (χ4v) is 5.34. The van der Waals surface area contributed by atoms with Gasteiger partial charge >= 0.3 is 0 Å². The van der Waals surface area contributed by atoms with E-state index in [1.54, 1.807) is 6.33 Å². The summed E-state index contributed by atoms with van der Waals surface area (Å²) < 4.78 is 8.00. The molecule has 1 aliphatic carbocycles. The number of nitrogens with zero attached hydrogens (tertiary/aromatic N) is 5. The van der Waals surface area contributed by atoms with Crippen molar-refractivity contribution in [2.24, 2.45) is 5.41 Å². The van der Waals surface area contributed by atoms with Crippen LogP contribution in [0.25, 0.3) is 22.3 Å². The first kappa shape index (κ1) is 21.3. The summed E-state index contributed by atoms with van der Waals surface area (Å²) in [5.41, 5.74) is 2.83. The van der Waals surface area contributed by atoms with Gasteiger partial charge in [0.1, 0.15) is 29.3 Å². The molecule has 176 valence electrons. The highest BCUT2D eigenvalue weighted by atomic mass is 16.5. The highest BCUT2D eigenvalue weighted by Crippen LogP contribution is 2.54. The van der Waals surface area contributed by atoms with Gasteiger partial charge in [0.2, 0.25) is 5.91 Å². The van der Waals surface area contributed by atoms with Gasteiger partial charge in [0, 0.05) is 31.1 Å². The fraction of sp³-hybridized carbons (Fsp3) is 0.259. The molecule has 1 saturated heterocycles. The van der Waals surface area contributed by atoms with E-state index in [0.717, 1.165) is 65.5 Å². The molecule has 2 aliphatic rings. The van der Waals surface area contributed by atoms with Crippen molar-refractivity contribution in [2.75, 3.05) is 25.5 Å². The minimum atomic E-state index is 0.0111. The summed E-state index contributed by atoms with van der Waals surface area (Å²) in [6, 6.07) is 17.9. The number of nitrogens with one attached hydrogen (secondary N) is 1. The zero-order valence-electron chi connectivity index (χ0n) is 19.5. The first-order valence-electron chi connectivity index (χ1n) is 11.7. The second kappa shape index (κ2) is 8.23. The van der Waals surface area contributed by atoms with Crippen molar-refractivity contribution in [3.8, 4) is 22.8 Å². The van der Waals surface area contributed by atoms with Gasteiger partial charge in [-0.25, -0.2) is 14.6 Å². The summed E-state index contributed by atoms with van der Waals surface area (Å²) in [6.45, 7) is 5.18. The number of hydrogen-bond acceptors (Lipinski definition) is 6. The van der Waals surface area contributed by atoms with E-state index in [0.29, 0.717) is 0 Å². The van der Waals surface area contributed by atoms with Crippen LogP contribution < -0.4 is 10.1 Å². The molecule has 1 amide bonds. The SMILES string of the molecule is C=CC(=O)N1CC2(CC(n3nc(-c4ccc(Oc5ccccc5)cc4)c4c(NC)ncnc43)C2)C1. The van der Waals surface area contributed by atoms with Gasteiger partial charge in [0.25, 0.3) is 0 Å². The largest absolute Gasteiger partial charge is 0.457 e. The van der Waals surface area contributed by atoms with Crippen LogP contribution in [0.5, 0.6) is 11.5 Å². The molecule has 1 N–H and O–H groups in total. The van der Waals surface area contributed by atoms with Gasteiger partial charge in [-0.3, -0.25) is 4.79 Å². The van der Waals surface area contributed by atoms with Crippen LogP contribution in [-0.4, -0.2) is 50.7 Å². The topological polar surface area (TPSA) is 85.2 Å². The van der Waals surface area contributed by atoms with E-state index in [4.69, 9.17) is 9.84 Å². The number of carbonyl (C=O) groups is 1. The number of anilines is 1. The Labute approximate surface area is 203 Å². The molecule has 35 heavy (non-hydrogen) atoms. The van der Waals surface area contributed by atoms with Gasteiger partial charge in [-0.2, -0.15) is 5.10 Å². The standard InChI is InChI=1S/C27H26N6O2/c1-3-22(34)32-15-27(16-32)13-19(14-27)33-26-23(25(28-2)29-17-30-26)24(31-33)18-9-11-21(12-10-18)35-20-7-5-4-6-8-20/h3-12,17,19H,1,13-16H2,2H3,(H,28,29,30). The van der Waals surface area contributed by atoms with Gasteiger partial charge in [0.05, 0.1) is 11.4 Å². The number of likely N-dealkylation sites (tertiary alicyclic amines) is 1. The van der Waals surface area contributed by atoms with Crippen LogP contribution >= 0.6 is 0 Å². The van der Waals surface area contributed by atoms with Crippen molar-refractivity contribution in [3.63, 3.8) is 0 Å². The summed E-state index contributed by atoms with van der Waals surface area (Å²) in [6.07, 6.45) is 4.93. The lowest BCUT2D eigenvalue weighted by Crippen LogP contribution is -2.63. The van der Waals surface area contributed by atoms with E-state index in [1.165, 1.54) is 6.08 Å². The molecule has 0 bridgehead atoms. The molecule has 0 radical (unpaired) electrons. The Hall–Kier alpha value is -4.20. The van der Waals surface area contributed by atoms with E-state index in [2.05, 4.69) is 21.9 Å². The molecule has 8 heteroatoms. The molecule has 0 atom stereocenters. The van der Waals surface area contributed by atoms with E-state index >= 15 is 0 Å². The maximum Gasteiger partial charge on any atom is 0.245 e. The summed E-state index contributed by atoms with van der Waals surface area (Å²) >= 11 is 0. The molecule has 2 fully saturated rings. The van der Waals surface area contributed by atoms with Crippen LogP contribution in [0.2, 0.25) is 0 Å². The summed E-state index contributed by atoms with van der Waals surface area (Å²) in [5.74, 6) is 2.32. The molecular weight excluding hydrogens is 440 g/mol. The molecule has 3 heterocycles. The van der Waals surface area contributed by atoms with Crippen LogP contribution in [0, 0.1) is 5.41 Å². The monoisotopic (exact) mass is 466 g/mol. The minimum Gasteiger partial charge on any atom is -0.457 e. The zero-order chi connectivity index (χ0) is 24.0. The van der Waals surface area contributed by atoms with Crippen molar-refractivity contribution in [1.82, 2.24) is 24.6 Å². The number of fused-ring (bicyclic) bond motifs is 1. The summed E-state index contributed by atoms with van der Waals surface area (Å²) in [5, 5.41) is 9.13. The predicted octanol–water partition coefficient (Wildman–Crippen LogP) is 4.68.